The SMILES string of the molecule is O=C(NC1CCCCC1)[C@@H]1CSC(c2ccccc2)=N1. The summed E-state index contributed by atoms with van der Waals surface area (Å²) < 4.78 is 0. The molecule has 1 aromatic rings. The third-order valence-corrected chi connectivity index (χ3v) is 5.02. The fraction of sp³-hybridized carbons (Fsp3) is 0.500. The van der Waals surface area contributed by atoms with Crippen molar-refractivity contribution < 1.29 is 4.79 Å². The van der Waals surface area contributed by atoms with E-state index in [1.165, 1.54) is 19.3 Å². The average Bonchev–Trinajstić information content (AvgIpc) is 2.99. The van der Waals surface area contributed by atoms with Gasteiger partial charge in [0.1, 0.15) is 6.04 Å². The van der Waals surface area contributed by atoms with Gasteiger partial charge in [0.25, 0.3) is 0 Å². The topological polar surface area (TPSA) is 41.5 Å². The Labute approximate surface area is 124 Å². The number of amides is 1. The zero-order chi connectivity index (χ0) is 13.8. The summed E-state index contributed by atoms with van der Waals surface area (Å²) in [4.78, 5) is 16.9. The van der Waals surface area contributed by atoms with Crippen LogP contribution in [0.3, 0.4) is 0 Å². The molecule has 1 aliphatic heterocycles. The van der Waals surface area contributed by atoms with Gasteiger partial charge in [0.05, 0.1) is 5.04 Å². The Morgan fingerprint density at radius 1 is 1.15 bits per heavy atom. The Morgan fingerprint density at radius 2 is 1.90 bits per heavy atom. The van der Waals surface area contributed by atoms with Crippen LogP contribution in [0.15, 0.2) is 35.3 Å². The van der Waals surface area contributed by atoms with E-state index >= 15 is 0 Å². The van der Waals surface area contributed by atoms with Crippen LogP contribution in [-0.2, 0) is 4.79 Å². The highest BCUT2D eigenvalue weighted by molar-refractivity contribution is 8.14. The Balaban J connectivity index is 1.61. The maximum atomic E-state index is 12.3. The number of carbonyl (C=O) groups is 1. The van der Waals surface area contributed by atoms with E-state index < -0.39 is 0 Å². The fourth-order valence-corrected chi connectivity index (χ4v) is 3.84. The molecule has 106 valence electrons. The molecule has 1 atom stereocenters. The van der Waals surface area contributed by atoms with Crippen molar-refractivity contribution >= 4 is 22.7 Å². The third kappa shape index (κ3) is 3.23. The predicted octanol–water partition coefficient (Wildman–Crippen LogP) is 3.00. The lowest BCUT2D eigenvalue weighted by Crippen LogP contribution is -2.41. The van der Waals surface area contributed by atoms with Crippen LogP contribution < -0.4 is 5.32 Å². The molecule has 0 radical (unpaired) electrons. The van der Waals surface area contributed by atoms with Gasteiger partial charge in [0, 0.05) is 17.4 Å². The quantitative estimate of drug-likeness (QED) is 0.929. The number of nitrogens with one attached hydrogen (secondary N) is 1. The van der Waals surface area contributed by atoms with Crippen molar-refractivity contribution in [3.63, 3.8) is 0 Å². The van der Waals surface area contributed by atoms with E-state index in [0.717, 1.165) is 29.2 Å². The summed E-state index contributed by atoms with van der Waals surface area (Å²) in [5.74, 6) is 0.873. The molecule has 1 aliphatic carbocycles. The van der Waals surface area contributed by atoms with Crippen LogP contribution in [0, 0.1) is 0 Å². The van der Waals surface area contributed by atoms with Gasteiger partial charge in [-0.05, 0) is 12.8 Å². The molecule has 1 heterocycles. The largest absolute Gasteiger partial charge is 0.351 e. The van der Waals surface area contributed by atoms with Crippen LogP contribution >= 0.6 is 11.8 Å². The molecule has 0 aromatic heterocycles. The molecule has 0 unspecified atom stereocenters. The number of hydrogen-bond donors (Lipinski definition) is 1. The molecule has 20 heavy (non-hydrogen) atoms. The predicted molar refractivity (Wildman–Crippen MR) is 84.2 cm³/mol. The first-order valence-corrected chi connectivity index (χ1v) is 8.38. The summed E-state index contributed by atoms with van der Waals surface area (Å²) in [5.41, 5.74) is 1.12. The summed E-state index contributed by atoms with van der Waals surface area (Å²) in [6.07, 6.45) is 6.04. The number of rotatable bonds is 3. The van der Waals surface area contributed by atoms with Gasteiger partial charge < -0.3 is 5.32 Å². The molecule has 0 saturated heterocycles. The lowest BCUT2D eigenvalue weighted by atomic mass is 9.95. The molecule has 1 amide bonds. The van der Waals surface area contributed by atoms with Crippen molar-refractivity contribution in [1.29, 1.82) is 0 Å². The van der Waals surface area contributed by atoms with E-state index in [0.29, 0.717) is 6.04 Å². The first-order chi connectivity index (χ1) is 9.83. The van der Waals surface area contributed by atoms with Crippen LogP contribution in [-0.4, -0.2) is 28.8 Å². The van der Waals surface area contributed by atoms with Gasteiger partial charge in [-0.15, -0.1) is 11.8 Å². The molecule has 4 heteroatoms. The molecule has 0 spiro atoms. The van der Waals surface area contributed by atoms with Crippen molar-refractivity contribution in [2.45, 2.75) is 44.2 Å². The zero-order valence-corrected chi connectivity index (χ0v) is 12.4. The number of carbonyl (C=O) groups excluding carboxylic acids is 1. The summed E-state index contributed by atoms with van der Waals surface area (Å²) in [6, 6.07) is 10.3. The second-order valence-corrected chi connectivity index (χ2v) is 6.48. The Morgan fingerprint density at radius 3 is 2.65 bits per heavy atom. The zero-order valence-electron chi connectivity index (χ0n) is 11.5. The molecule has 3 nitrogen and oxygen atoms in total. The molecule has 1 N–H and O–H groups in total. The normalized spacial score (nSPS) is 23.4. The van der Waals surface area contributed by atoms with Crippen LogP contribution in [0.5, 0.6) is 0 Å². The first kappa shape index (κ1) is 13.7. The van der Waals surface area contributed by atoms with E-state index in [-0.39, 0.29) is 11.9 Å². The highest BCUT2D eigenvalue weighted by Gasteiger charge is 2.27. The van der Waals surface area contributed by atoms with Crippen molar-refractivity contribution in [1.82, 2.24) is 5.32 Å². The number of thioether (sulfide) groups is 1. The van der Waals surface area contributed by atoms with Crippen LogP contribution in [0.1, 0.15) is 37.7 Å². The summed E-state index contributed by atoms with van der Waals surface area (Å²) in [5, 5.41) is 4.17. The standard InChI is InChI=1S/C16H20N2OS/c19-15(17-13-9-5-2-6-10-13)14-11-20-16(18-14)12-7-3-1-4-8-12/h1,3-4,7-8,13-14H,2,5-6,9-11H2,(H,17,19)/t14-/m0/s1. The summed E-state index contributed by atoms with van der Waals surface area (Å²) in [7, 11) is 0. The second-order valence-electron chi connectivity index (χ2n) is 5.47. The van der Waals surface area contributed by atoms with E-state index in [2.05, 4.69) is 10.3 Å². The number of nitrogens with zero attached hydrogens (tertiary/aromatic N) is 1. The lowest BCUT2D eigenvalue weighted by molar-refractivity contribution is -0.122. The number of aliphatic imine (C=N–C) groups is 1. The van der Waals surface area contributed by atoms with Crippen LogP contribution in [0.25, 0.3) is 0 Å². The fourth-order valence-electron chi connectivity index (χ4n) is 2.79. The van der Waals surface area contributed by atoms with E-state index in [9.17, 15) is 4.79 Å². The maximum Gasteiger partial charge on any atom is 0.245 e. The van der Waals surface area contributed by atoms with E-state index in [4.69, 9.17) is 0 Å². The number of benzene rings is 1. The molecule has 0 bridgehead atoms. The molecule has 1 fully saturated rings. The third-order valence-electron chi connectivity index (χ3n) is 3.93. The van der Waals surface area contributed by atoms with E-state index in [1.54, 1.807) is 11.8 Å². The molecule has 1 aromatic carbocycles. The van der Waals surface area contributed by atoms with Crippen molar-refractivity contribution in [3.8, 4) is 0 Å². The summed E-state index contributed by atoms with van der Waals surface area (Å²) >= 11 is 1.68. The molecule has 3 rings (SSSR count). The molecular formula is C16H20N2OS. The van der Waals surface area contributed by atoms with Gasteiger partial charge in [-0.3, -0.25) is 9.79 Å². The maximum absolute atomic E-state index is 12.3. The Hall–Kier alpha value is -1.29. The number of hydrogen-bond acceptors (Lipinski definition) is 3. The molecular weight excluding hydrogens is 268 g/mol. The van der Waals surface area contributed by atoms with Crippen molar-refractivity contribution in [2.24, 2.45) is 4.99 Å². The van der Waals surface area contributed by atoms with Crippen LogP contribution in [0.2, 0.25) is 0 Å². The Kier molecular flexibility index (Phi) is 4.41. The van der Waals surface area contributed by atoms with Crippen LogP contribution in [0.4, 0.5) is 0 Å². The Bertz CT molecular complexity index is 494. The highest BCUT2D eigenvalue weighted by atomic mass is 32.2. The van der Waals surface area contributed by atoms with Gasteiger partial charge >= 0.3 is 0 Å². The van der Waals surface area contributed by atoms with Crippen molar-refractivity contribution in [3.05, 3.63) is 35.9 Å². The second kappa shape index (κ2) is 6.44. The van der Waals surface area contributed by atoms with Gasteiger partial charge in [-0.1, -0.05) is 49.6 Å². The van der Waals surface area contributed by atoms with Gasteiger partial charge in [-0.2, -0.15) is 0 Å². The monoisotopic (exact) mass is 288 g/mol. The van der Waals surface area contributed by atoms with Gasteiger partial charge in [0.2, 0.25) is 5.91 Å². The smallest absolute Gasteiger partial charge is 0.245 e. The minimum Gasteiger partial charge on any atom is -0.351 e. The average molecular weight is 288 g/mol. The minimum atomic E-state index is -0.211. The minimum absolute atomic E-state index is 0.107. The molecule has 1 saturated carbocycles. The summed E-state index contributed by atoms with van der Waals surface area (Å²) in [6.45, 7) is 0. The van der Waals surface area contributed by atoms with Gasteiger partial charge in [0.15, 0.2) is 0 Å². The molecule has 2 aliphatic rings. The highest BCUT2D eigenvalue weighted by Crippen LogP contribution is 2.24. The lowest BCUT2D eigenvalue weighted by Gasteiger charge is -2.23. The van der Waals surface area contributed by atoms with Gasteiger partial charge in [-0.25, -0.2) is 0 Å². The first-order valence-electron chi connectivity index (χ1n) is 7.39. The van der Waals surface area contributed by atoms with E-state index in [1.807, 2.05) is 30.3 Å². The van der Waals surface area contributed by atoms with Crippen molar-refractivity contribution in [2.75, 3.05) is 5.75 Å².